The predicted octanol–water partition coefficient (Wildman–Crippen LogP) is 3.60. The number of nitrogens with zero attached hydrogens (tertiary/aromatic N) is 1. The molecule has 0 aromatic heterocycles. The van der Waals surface area contributed by atoms with Crippen molar-refractivity contribution in [3.63, 3.8) is 0 Å². The fourth-order valence-corrected chi connectivity index (χ4v) is 3.41. The van der Waals surface area contributed by atoms with Crippen LogP contribution < -0.4 is 5.73 Å². The van der Waals surface area contributed by atoms with Crippen molar-refractivity contribution in [2.45, 2.75) is 32.2 Å². The fourth-order valence-electron chi connectivity index (χ4n) is 3.13. The highest BCUT2D eigenvalue weighted by molar-refractivity contribution is 6.31. The van der Waals surface area contributed by atoms with Gasteiger partial charge in [-0.1, -0.05) is 24.6 Å². The van der Waals surface area contributed by atoms with Crippen molar-refractivity contribution in [2.24, 2.45) is 11.7 Å². The van der Waals surface area contributed by atoms with E-state index in [1.165, 1.54) is 18.6 Å². The van der Waals surface area contributed by atoms with Crippen molar-refractivity contribution in [3.05, 3.63) is 34.6 Å². The Morgan fingerprint density at radius 3 is 2.89 bits per heavy atom. The molecule has 0 bridgehead atoms. The second-order valence-corrected chi connectivity index (χ2v) is 5.69. The maximum atomic E-state index is 13.2. The Morgan fingerprint density at radius 1 is 1.47 bits per heavy atom. The molecule has 0 radical (unpaired) electrons. The van der Waals surface area contributed by atoms with E-state index in [0.717, 1.165) is 31.5 Å². The normalized spacial score (nSPS) is 24.6. The zero-order valence-electron chi connectivity index (χ0n) is 11.4. The van der Waals surface area contributed by atoms with Gasteiger partial charge in [0.25, 0.3) is 0 Å². The summed E-state index contributed by atoms with van der Waals surface area (Å²) in [5, 5.41) is 0.520. The van der Waals surface area contributed by atoms with Crippen molar-refractivity contribution in [1.82, 2.24) is 4.90 Å². The predicted molar refractivity (Wildman–Crippen MR) is 77.8 cm³/mol. The van der Waals surface area contributed by atoms with E-state index < -0.39 is 0 Å². The van der Waals surface area contributed by atoms with E-state index in [1.807, 2.05) is 6.07 Å². The Balaban J connectivity index is 2.33. The zero-order valence-corrected chi connectivity index (χ0v) is 12.2. The highest BCUT2D eigenvalue weighted by Crippen LogP contribution is 2.38. The number of hydrogen-bond donors (Lipinski definition) is 1. The lowest BCUT2D eigenvalue weighted by Crippen LogP contribution is -2.42. The molecule has 1 aliphatic heterocycles. The summed E-state index contributed by atoms with van der Waals surface area (Å²) in [7, 11) is 0. The number of likely N-dealkylation sites (tertiary alicyclic amines) is 1. The molecule has 2 nitrogen and oxygen atoms in total. The molecule has 1 aromatic rings. The molecular formula is C15H22ClFN2. The molecule has 0 aliphatic carbocycles. The second-order valence-electron chi connectivity index (χ2n) is 5.28. The van der Waals surface area contributed by atoms with Crippen molar-refractivity contribution < 1.29 is 4.39 Å². The zero-order chi connectivity index (χ0) is 13.8. The van der Waals surface area contributed by atoms with Gasteiger partial charge >= 0.3 is 0 Å². The Morgan fingerprint density at radius 2 is 2.26 bits per heavy atom. The van der Waals surface area contributed by atoms with Crippen LogP contribution in [0.25, 0.3) is 0 Å². The third-order valence-electron chi connectivity index (χ3n) is 3.95. The van der Waals surface area contributed by atoms with Crippen LogP contribution in [0.3, 0.4) is 0 Å². The Bertz CT molecular complexity index is 423. The maximum Gasteiger partial charge on any atom is 0.124 e. The van der Waals surface area contributed by atoms with Crippen molar-refractivity contribution >= 4 is 11.6 Å². The first kappa shape index (κ1) is 14.8. The molecule has 0 spiro atoms. The van der Waals surface area contributed by atoms with Gasteiger partial charge in [-0.25, -0.2) is 4.39 Å². The number of nitrogens with two attached hydrogens (primary N) is 1. The van der Waals surface area contributed by atoms with E-state index in [1.54, 1.807) is 0 Å². The van der Waals surface area contributed by atoms with Crippen LogP contribution >= 0.6 is 11.6 Å². The SMILES string of the molecule is CCCN1CCCC(CN)C1c1ccc(F)cc1Cl. The minimum Gasteiger partial charge on any atom is -0.330 e. The molecule has 2 N–H and O–H groups in total. The van der Waals surface area contributed by atoms with Crippen LogP contribution in [0.1, 0.15) is 37.8 Å². The summed E-state index contributed by atoms with van der Waals surface area (Å²) in [5.41, 5.74) is 6.95. The first-order valence-electron chi connectivity index (χ1n) is 7.06. The van der Waals surface area contributed by atoms with Gasteiger partial charge in [0, 0.05) is 11.1 Å². The van der Waals surface area contributed by atoms with Crippen LogP contribution in [-0.2, 0) is 0 Å². The Kier molecular flexibility index (Phi) is 5.20. The van der Waals surface area contributed by atoms with E-state index in [4.69, 9.17) is 17.3 Å². The molecule has 4 heteroatoms. The summed E-state index contributed by atoms with van der Waals surface area (Å²) in [5.74, 6) is 0.124. The van der Waals surface area contributed by atoms with Crippen LogP contribution in [0.5, 0.6) is 0 Å². The first-order valence-corrected chi connectivity index (χ1v) is 7.44. The number of benzene rings is 1. The summed E-state index contributed by atoms with van der Waals surface area (Å²) in [6, 6.07) is 4.95. The topological polar surface area (TPSA) is 29.3 Å². The highest BCUT2D eigenvalue weighted by Gasteiger charge is 2.32. The molecule has 2 unspecified atom stereocenters. The van der Waals surface area contributed by atoms with Crippen LogP contribution in [0.15, 0.2) is 18.2 Å². The minimum absolute atomic E-state index is 0.229. The molecule has 1 saturated heterocycles. The van der Waals surface area contributed by atoms with Crippen LogP contribution in [-0.4, -0.2) is 24.5 Å². The standard InChI is InChI=1S/C15H22ClFN2/c1-2-7-19-8-3-4-11(10-18)15(19)13-6-5-12(17)9-14(13)16/h5-6,9,11,15H,2-4,7-8,10,18H2,1H3. The molecule has 0 amide bonds. The molecule has 1 aromatic carbocycles. The Hall–Kier alpha value is -0.640. The third-order valence-corrected chi connectivity index (χ3v) is 4.28. The van der Waals surface area contributed by atoms with Crippen LogP contribution in [0, 0.1) is 11.7 Å². The molecule has 1 heterocycles. The molecule has 1 aliphatic rings. The number of halogens is 2. The largest absolute Gasteiger partial charge is 0.330 e. The molecule has 106 valence electrons. The quantitative estimate of drug-likeness (QED) is 0.915. The minimum atomic E-state index is -0.282. The average molecular weight is 285 g/mol. The molecular weight excluding hydrogens is 263 g/mol. The summed E-state index contributed by atoms with van der Waals surface area (Å²) in [6.07, 6.45) is 3.40. The van der Waals surface area contributed by atoms with Crippen molar-refractivity contribution in [1.29, 1.82) is 0 Å². The van der Waals surface area contributed by atoms with E-state index in [0.29, 0.717) is 17.5 Å². The lowest BCUT2D eigenvalue weighted by Gasteiger charge is -2.41. The van der Waals surface area contributed by atoms with Gasteiger partial charge in [-0.05, 0) is 62.5 Å². The van der Waals surface area contributed by atoms with E-state index in [9.17, 15) is 4.39 Å². The van der Waals surface area contributed by atoms with E-state index >= 15 is 0 Å². The molecule has 19 heavy (non-hydrogen) atoms. The van der Waals surface area contributed by atoms with E-state index in [2.05, 4.69) is 11.8 Å². The van der Waals surface area contributed by atoms with Gasteiger partial charge in [0.2, 0.25) is 0 Å². The van der Waals surface area contributed by atoms with Crippen LogP contribution in [0.4, 0.5) is 4.39 Å². The average Bonchev–Trinajstić information content (AvgIpc) is 2.39. The lowest BCUT2D eigenvalue weighted by atomic mass is 9.84. The van der Waals surface area contributed by atoms with Crippen molar-refractivity contribution in [2.75, 3.05) is 19.6 Å². The lowest BCUT2D eigenvalue weighted by molar-refractivity contribution is 0.0960. The fraction of sp³-hybridized carbons (Fsp3) is 0.600. The van der Waals surface area contributed by atoms with Gasteiger partial charge in [-0.15, -0.1) is 0 Å². The molecule has 1 fully saturated rings. The number of piperidine rings is 1. The monoisotopic (exact) mass is 284 g/mol. The van der Waals surface area contributed by atoms with Gasteiger partial charge in [0.1, 0.15) is 5.82 Å². The molecule has 2 atom stereocenters. The first-order chi connectivity index (χ1) is 9.17. The van der Waals surface area contributed by atoms with Crippen LogP contribution in [0.2, 0.25) is 5.02 Å². The Labute approximate surface area is 119 Å². The van der Waals surface area contributed by atoms with Gasteiger partial charge in [0.15, 0.2) is 0 Å². The summed E-state index contributed by atoms with van der Waals surface area (Å²) >= 11 is 6.24. The summed E-state index contributed by atoms with van der Waals surface area (Å²) in [4.78, 5) is 2.44. The second kappa shape index (κ2) is 6.69. The summed E-state index contributed by atoms with van der Waals surface area (Å²) < 4.78 is 13.2. The van der Waals surface area contributed by atoms with Crippen molar-refractivity contribution in [3.8, 4) is 0 Å². The van der Waals surface area contributed by atoms with Gasteiger partial charge in [-0.3, -0.25) is 4.90 Å². The number of rotatable bonds is 4. The number of hydrogen-bond acceptors (Lipinski definition) is 2. The van der Waals surface area contributed by atoms with Gasteiger partial charge in [-0.2, -0.15) is 0 Å². The third kappa shape index (κ3) is 3.28. The molecule has 0 saturated carbocycles. The molecule has 2 rings (SSSR count). The smallest absolute Gasteiger partial charge is 0.124 e. The van der Waals surface area contributed by atoms with Gasteiger partial charge in [0.05, 0.1) is 0 Å². The maximum absolute atomic E-state index is 13.2. The van der Waals surface area contributed by atoms with Gasteiger partial charge < -0.3 is 5.73 Å². The summed E-state index contributed by atoms with van der Waals surface area (Å²) in [6.45, 7) is 4.94. The highest BCUT2D eigenvalue weighted by atomic mass is 35.5. The van der Waals surface area contributed by atoms with E-state index in [-0.39, 0.29) is 11.9 Å².